The molecule has 0 spiro atoms. The molecule has 0 radical (unpaired) electrons. The van der Waals surface area contributed by atoms with Crippen molar-refractivity contribution in [2.24, 2.45) is 0 Å². The second-order valence-corrected chi connectivity index (χ2v) is 18.7. The molecule has 0 aliphatic heterocycles. The monoisotopic (exact) mass is 864 g/mol. The highest BCUT2D eigenvalue weighted by Gasteiger charge is 2.36. The minimum absolute atomic E-state index is 0.117. The second kappa shape index (κ2) is 15.6. The van der Waals surface area contributed by atoms with Crippen molar-refractivity contribution in [1.82, 2.24) is 19.5 Å². The van der Waals surface area contributed by atoms with Crippen LogP contribution in [0.4, 0.5) is 0 Å². The van der Waals surface area contributed by atoms with E-state index in [1.165, 1.54) is 70.0 Å². The molecule has 0 atom stereocenters. The fourth-order valence-electron chi connectivity index (χ4n) is 10.3. The first kappa shape index (κ1) is 39.6. The van der Waals surface area contributed by atoms with Crippen LogP contribution in [-0.4, -0.2) is 19.5 Å². The summed E-state index contributed by atoms with van der Waals surface area (Å²) in [6, 6.07) is 65.3. The van der Waals surface area contributed by atoms with Crippen LogP contribution < -0.4 is 0 Å². The molecule has 3 aromatic heterocycles. The van der Waals surface area contributed by atoms with E-state index in [0.717, 1.165) is 38.9 Å². The third-order valence-corrected chi connectivity index (χ3v) is 14.6. The number of hydrogen-bond donors (Lipinski definition) is 0. The van der Waals surface area contributed by atoms with Crippen LogP contribution in [0.25, 0.3) is 110 Å². The molecule has 0 amide bonds. The zero-order chi connectivity index (χ0) is 44.5. The summed E-state index contributed by atoms with van der Waals surface area (Å²) < 4.78 is 4.82. The lowest BCUT2D eigenvalue weighted by molar-refractivity contribution is 0.654. The lowest BCUT2D eigenvalue weighted by Crippen LogP contribution is -2.16. The molecule has 0 unspecified atom stereocenters. The van der Waals surface area contributed by atoms with Crippen LogP contribution in [0, 0.1) is 0 Å². The van der Waals surface area contributed by atoms with Gasteiger partial charge in [-0.15, -0.1) is 11.3 Å². The molecule has 0 bridgehead atoms. The highest BCUT2D eigenvalue weighted by Crippen LogP contribution is 2.50. The van der Waals surface area contributed by atoms with E-state index in [-0.39, 0.29) is 5.41 Å². The van der Waals surface area contributed by atoms with Gasteiger partial charge in [-0.1, -0.05) is 166 Å². The van der Waals surface area contributed by atoms with Crippen molar-refractivity contribution in [3.63, 3.8) is 0 Å². The maximum absolute atomic E-state index is 5.15. The molecule has 314 valence electrons. The Balaban J connectivity index is 1.04. The molecule has 3 heterocycles. The van der Waals surface area contributed by atoms with Gasteiger partial charge >= 0.3 is 0 Å². The van der Waals surface area contributed by atoms with Crippen LogP contribution >= 0.6 is 11.3 Å². The first-order valence-electron chi connectivity index (χ1n) is 22.5. The van der Waals surface area contributed by atoms with Crippen molar-refractivity contribution in [1.29, 1.82) is 0 Å². The molecular weight excluding hydrogens is 821 g/mol. The summed E-state index contributed by atoms with van der Waals surface area (Å²) in [5.74, 6) is 1.97. The number of aromatic nitrogens is 4. The first-order valence-corrected chi connectivity index (χ1v) is 23.3. The Bertz CT molecular complexity index is 3740. The third-order valence-electron chi connectivity index (χ3n) is 13.4. The summed E-state index contributed by atoms with van der Waals surface area (Å²) in [6.45, 7) is 10.9. The van der Waals surface area contributed by atoms with Gasteiger partial charge in [-0.2, -0.15) is 0 Å². The number of benzene rings is 8. The molecule has 0 saturated heterocycles. The van der Waals surface area contributed by atoms with Gasteiger partial charge in [-0.3, -0.25) is 0 Å². The lowest BCUT2D eigenvalue weighted by atomic mass is 9.80. The number of nitrogens with zero attached hydrogens (tertiary/aromatic N) is 4. The molecular formula is C61H44N4S. The minimum Gasteiger partial charge on any atom is -0.309 e. The molecule has 5 heteroatoms. The van der Waals surface area contributed by atoms with Gasteiger partial charge in [0.15, 0.2) is 17.5 Å². The van der Waals surface area contributed by atoms with Gasteiger partial charge in [0, 0.05) is 58.7 Å². The summed E-state index contributed by atoms with van der Waals surface area (Å²) in [6.07, 6.45) is 6.16. The number of thiophene rings is 1. The van der Waals surface area contributed by atoms with E-state index in [1.54, 1.807) is 11.3 Å². The van der Waals surface area contributed by atoms with Crippen molar-refractivity contribution < 1.29 is 0 Å². The zero-order valence-electron chi connectivity index (χ0n) is 37.0. The molecule has 1 aliphatic carbocycles. The highest BCUT2D eigenvalue weighted by atomic mass is 32.1. The van der Waals surface area contributed by atoms with E-state index in [1.807, 2.05) is 42.5 Å². The molecule has 12 rings (SSSR count). The summed E-state index contributed by atoms with van der Waals surface area (Å²) in [7, 11) is 0. The number of para-hydroxylation sites is 1. The molecule has 8 aromatic carbocycles. The van der Waals surface area contributed by atoms with Crippen molar-refractivity contribution >= 4 is 58.9 Å². The molecule has 1 aliphatic rings. The highest BCUT2D eigenvalue weighted by molar-refractivity contribution is 7.26. The molecule has 0 fully saturated rings. The van der Waals surface area contributed by atoms with Gasteiger partial charge in [0.2, 0.25) is 0 Å². The average molecular weight is 865 g/mol. The number of hydrogen-bond acceptors (Lipinski definition) is 4. The quantitative estimate of drug-likeness (QED) is 0.143. The average Bonchev–Trinajstić information content (AvgIpc) is 3.97. The SMILES string of the molecule is C=C/C=C\C1=C(C)c2c(-c3ccc4c(c3)c3cc(-c5ccc6sc7cccc(-c8nc(-c9ccccc9)nc(-c9ccccc9)n8)c7c6c5)ccc3n4-c3ccccc3)cccc2C1(C)C. The van der Waals surface area contributed by atoms with Crippen molar-refractivity contribution in [2.45, 2.75) is 26.2 Å². The Morgan fingerprint density at radius 2 is 1.08 bits per heavy atom. The normalized spacial score (nSPS) is 13.4. The van der Waals surface area contributed by atoms with Crippen LogP contribution in [0.2, 0.25) is 0 Å². The summed E-state index contributed by atoms with van der Waals surface area (Å²) in [4.78, 5) is 15.3. The Labute approximate surface area is 388 Å². The molecule has 0 saturated carbocycles. The summed E-state index contributed by atoms with van der Waals surface area (Å²) in [5, 5.41) is 4.78. The maximum atomic E-state index is 5.15. The van der Waals surface area contributed by atoms with Gasteiger partial charge < -0.3 is 4.57 Å². The van der Waals surface area contributed by atoms with Gasteiger partial charge in [0.1, 0.15) is 0 Å². The van der Waals surface area contributed by atoms with Gasteiger partial charge in [-0.05, 0) is 106 Å². The van der Waals surface area contributed by atoms with Gasteiger partial charge in [-0.25, -0.2) is 15.0 Å². The Morgan fingerprint density at radius 1 is 0.515 bits per heavy atom. The fourth-order valence-corrected chi connectivity index (χ4v) is 11.4. The topological polar surface area (TPSA) is 43.6 Å². The van der Waals surface area contributed by atoms with Crippen molar-refractivity contribution in [2.75, 3.05) is 0 Å². The number of fused-ring (bicyclic) bond motifs is 7. The molecule has 11 aromatic rings. The van der Waals surface area contributed by atoms with E-state index in [9.17, 15) is 0 Å². The summed E-state index contributed by atoms with van der Waals surface area (Å²) in [5.41, 5.74) is 16.4. The first-order chi connectivity index (χ1) is 32.4. The van der Waals surface area contributed by atoms with Crippen LogP contribution in [-0.2, 0) is 5.41 Å². The Morgan fingerprint density at radius 3 is 1.74 bits per heavy atom. The van der Waals surface area contributed by atoms with Crippen molar-refractivity contribution in [3.8, 4) is 62.1 Å². The van der Waals surface area contributed by atoms with Crippen LogP contribution in [0.5, 0.6) is 0 Å². The van der Waals surface area contributed by atoms with Crippen LogP contribution in [0.1, 0.15) is 31.9 Å². The Kier molecular flexibility index (Phi) is 9.37. The molecule has 4 nitrogen and oxygen atoms in total. The third kappa shape index (κ3) is 6.38. The fraction of sp³-hybridized carbons (Fsp3) is 0.0656. The van der Waals surface area contributed by atoms with E-state index in [2.05, 4.69) is 190 Å². The zero-order valence-corrected chi connectivity index (χ0v) is 37.8. The van der Waals surface area contributed by atoms with E-state index < -0.39 is 0 Å². The summed E-state index contributed by atoms with van der Waals surface area (Å²) >= 11 is 1.81. The van der Waals surface area contributed by atoms with Crippen molar-refractivity contribution in [3.05, 3.63) is 223 Å². The number of rotatable bonds is 8. The number of allylic oxidation sites excluding steroid dienone is 5. The second-order valence-electron chi connectivity index (χ2n) is 17.7. The molecule has 0 N–H and O–H groups in total. The van der Waals surface area contributed by atoms with E-state index in [0.29, 0.717) is 17.5 Å². The van der Waals surface area contributed by atoms with E-state index in [4.69, 9.17) is 15.0 Å². The van der Waals surface area contributed by atoms with Gasteiger partial charge in [0.05, 0.1) is 11.0 Å². The van der Waals surface area contributed by atoms with Gasteiger partial charge in [0.25, 0.3) is 0 Å². The maximum Gasteiger partial charge on any atom is 0.164 e. The largest absolute Gasteiger partial charge is 0.309 e. The van der Waals surface area contributed by atoms with Crippen LogP contribution in [0.15, 0.2) is 212 Å². The predicted molar refractivity (Wildman–Crippen MR) is 279 cm³/mol. The Hall–Kier alpha value is -7.99. The van der Waals surface area contributed by atoms with E-state index >= 15 is 0 Å². The van der Waals surface area contributed by atoms with Crippen LogP contribution in [0.3, 0.4) is 0 Å². The molecule has 66 heavy (non-hydrogen) atoms. The predicted octanol–water partition coefficient (Wildman–Crippen LogP) is 16.5. The standard InChI is InChI=1S/C61H44N4S/c1-5-6-26-50-38(2)56-45(24-16-27-51(56)61(50,3)4)43-30-33-53-48(37-43)47-35-41(29-32-52(47)65(53)44-22-14-9-15-23-44)42-31-34-54-49(36-42)57-46(25-17-28-55(57)66-54)60-63-58(39-18-10-7-11-19-39)62-59(64-60)40-20-12-8-13-21-40/h5-37H,1H2,2-4H3/b26-6-. The minimum atomic E-state index is -0.117. The smallest absolute Gasteiger partial charge is 0.164 e. The lowest BCUT2D eigenvalue weighted by Gasteiger charge is -2.23.